The Hall–Kier alpha value is -2.92. The van der Waals surface area contributed by atoms with Crippen LogP contribution in [0, 0.1) is 0 Å². The van der Waals surface area contributed by atoms with Crippen molar-refractivity contribution in [3.8, 4) is 11.5 Å². The molecule has 0 amide bonds. The number of phenolic OH excluding ortho intramolecular Hbond substituents is 2. The first-order valence-corrected chi connectivity index (χ1v) is 9.99. The lowest BCUT2D eigenvalue weighted by molar-refractivity contribution is 0.402. The normalized spacial score (nSPS) is 15.4. The molecule has 0 saturated heterocycles. The molecule has 1 saturated carbocycles. The summed E-state index contributed by atoms with van der Waals surface area (Å²) in [5.74, 6) is -0.210. The van der Waals surface area contributed by atoms with E-state index in [1.807, 2.05) is 6.07 Å². The minimum absolute atomic E-state index is 0.0288. The average molecular weight is 392 g/mol. The van der Waals surface area contributed by atoms with E-state index in [9.17, 15) is 10.2 Å². The van der Waals surface area contributed by atoms with Gasteiger partial charge < -0.3 is 26.2 Å². The highest BCUT2D eigenvalue weighted by Crippen LogP contribution is 2.54. The van der Waals surface area contributed by atoms with Crippen LogP contribution in [0.1, 0.15) is 50.4 Å². The highest BCUT2D eigenvalue weighted by Gasteiger charge is 2.47. The molecule has 1 fully saturated rings. The summed E-state index contributed by atoms with van der Waals surface area (Å²) < 4.78 is 0. The molecule has 0 radical (unpaired) electrons. The fourth-order valence-electron chi connectivity index (χ4n) is 3.96. The quantitative estimate of drug-likeness (QED) is 0.396. The van der Waals surface area contributed by atoms with E-state index in [0.29, 0.717) is 6.54 Å². The van der Waals surface area contributed by atoms with Crippen molar-refractivity contribution in [1.82, 2.24) is 4.98 Å². The zero-order valence-corrected chi connectivity index (χ0v) is 17.3. The summed E-state index contributed by atoms with van der Waals surface area (Å²) >= 11 is 0. The number of anilines is 1. The number of fused-ring (bicyclic) bond motifs is 1. The minimum atomic E-state index is -0.224. The molecular formula is C24H29N3O2. The number of H-pyrrole nitrogens is 1. The smallest absolute Gasteiger partial charge is 0.157 e. The Labute approximate surface area is 171 Å². The van der Waals surface area contributed by atoms with Crippen molar-refractivity contribution in [1.29, 1.82) is 0 Å². The molecule has 0 spiro atoms. The molecule has 2 aromatic carbocycles. The number of nitrogens with two attached hydrogens (primary N) is 1. The molecule has 5 nitrogen and oxygen atoms in total. The maximum absolute atomic E-state index is 9.90. The fourth-order valence-corrected chi connectivity index (χ4v) is 3.96. The van der Waals surface area contributed by atoms with Crippen molar-refractivity contribution in [3.05, 3.63) is 65.5 Å². The molecule has 5 heteroatoms. The van der Waals surface area contributed by atoms with E-state index in [0.717, 1.165) is 46.3 Å². The molecule has 4 rings (SSSR count). The summed E-state index contributed by atoms with van der Waals surface area (Å²) in [4.78, 5) is 3.53. The SMILES string of the molecule is C=C(Nc1cc(CN)c2[nH]c(C(C)(C)C)cc2c1)C1(c2ccc(O)c(O)c2)CC1. The monoisotopic (exact) mass is 391 g/mol. The summed E-state index contributed by atoms with van der Waals surface area (Å²) in [7, 11) is 0. The Morgan fingerprint density at radius 2 is 1.86 bits per heavy atom. The zero-order valence-electron chi connectivity index (χ0n) is 17.3. The molecule has 0 atom stereocenters. The average Bonchev–Trinajstić information content (AvgIpc) is 3.35. The van der Waals surface area contributed by atoms with E-state index in [4.69, 9.17) is 5.73 Å². The third kappa shape index (κ3) is 3.36. The van der Waals surface area contributed by atoms with Gasteiger partial charge in [-0.3, -0.25) is 0 Å². The van der Waals surface area contributed by atoms with Crippen LogP contribution in [-0.2, 0) is 17.4 Å². The Morgan fingerprint density at radius 1 is 1.14 bits per heavy atom. The molecule has 3 aromatic rings. The van der Waals surface area contributed by atoms with Crippen molar-refractivity contribution in [2.75, 3.05) is 5.32 Å². The summed E-state index contributed by atoms with van der Waals surface area (Å²) in [5.41, 5.74) is 12.0. The predicted octanol–water partition coefficient (Wildman–Crippen LogP) is 4.99. The van der Waals surface area contributed by atoms with Gasteiger partial charge in [-0.25, -0.2) is 0 Å². The first-order chi connectivity index (χ1) is 13.6. The van der Waals surface area contributed by atoms with Crippen LogP contribution >= 0.6 is 0 Å². The number of aromatic hydroxyl groups is 2. The molecule has 152 valence electrons. The molecule has 1 aliphatic carbocycles. The predicted molar refractivity (Wildman–Crippen MR) is 118 cm³/mol. The van der Waals surface area contributed by atoms with Gasteiger partial charge in [-0.2, -0.15) is 0 Å². The highest BCUT2D eigenvalue weighted by molar-refractivity contribution is 5.88. The van der Waals surface area contributed by atoms with E-state index in [1.165, 1.54) is 11.8 Å². The second-order valence-corrected chi connectivity index (χ2v) is 9.13. The van der Waals surface area contributed by atoms with Crippen LogP contribution in [0.4, 0.5) is 5.69 Å². The Bertz CT molecular complexity index is 1100. The van der Waals surface area contributed by atoms with Crippen LogP contribution in [0.25, 0.3) is 10.9 Å². The molecule has 0 aliphatic heterocycles. The van der Waals surface area contributed by atoms with Crippen molar-refractivity contribution < 1.29 is 10.2 Å². The van der Waals surface area contributed by atoms with Crippen LogP contribution in [0.5, 0.6) is 11.5 Å². The Balaban J connectivity index is 1.66. The number of hydrogen-bond donors (Lipinski definition) is 5. The van der Waals surface area contributed by atoms with Gasteiger partial charge in [-0.05, 0) is 54.3 Å². The van der Waals surface area contributed by atoms with Gasteiger partial charge in [0.15, 0.2) is 11.5 Å². The number of phenols is 2. The second-order valence-electron chi connectivity index (χ2n) is 9.13. The number of aromatic amines is 1. The summed E-state index contributed by atoms with van der Waals surface area (Å²) in [6.07, 6.45) is 1.90. The van der Waals surface area contributed by atoms with Gasteiger partial charge in [-0.15, -0.1) is 0 Å². The van der Waals surface area contributed by atoms with Crippen molar-refractivity contribution in [2.24, 2.45) is 5.73 Å². The van der Waals surface area contributed by atoms with Crippen molar-refractivity contribution in [2.45, 2.75) is 51.0 Å². The second kappa shape index (κ2) is 6.56. The topological polar surface area (TPSA) is 94.3 Å². The molecule has 6 N–H and O–H groups in total. The largest absolute Gasteiger partial charge is 0.504 e. The molecule has 29 heavy (non-hydrogen) atoms. The standard InChI is InChI=1S/C24H29N3O2/c1-14(24(7-8-24)17-5-6-19(28)20(29)12-17)26-18-9-15-11-21(23(2,3)4)27-22(15)16(10-18)13-25/h5-6,9-12,26-29H,1,7-8,13,25H2,2-4H3. The van der Waals surface area contributed by atoms with Gasteiger partial charge in [0.25, 0.3) is 0 Å². The van der Waals surface area contributed by atoms with Crippen molar-refractivity contribution in [3.63, 3.8) is 0 Å². The molecule has 1 heterocycles. The van der Waals surface area contributed by atoms with Gasteiger partial charge in [0.2, 0.25) is 0 Å². The van der Waals surface area contributed by atoms with Crippen molar-refractivity contribution >= 4 is 16.6 Å². The molecule has 1 aromatic heterocycles. The molecular weight excluding hydrogens is 362 g/mol. The first kappa shape index (κ1) is 19.4. The molecule has 0 bridgehead atoms. The summed E-state index contributed by atoms with van der Waals surface area (Å²) in [5, 5.41) is 24.1. The lowest BCUT2D eigenvalue weighted by Gasteiger charge is -2.21. The van der Waals surface area contributed by atoms with Gasteiger partial charge in [-0.1, -0.05) is 33.4 Å². The van der Waals surface area contributed by atoms with Gasteiger partial charge in [0.1, 0.15) is 0 Å². The number of aromatic nitrogens is 1. The van der Waals surface area contributed by atoms with E-state index < -0.39 is 0 Å². The third-order valence-corrected chi connectivity index (χ3v) is 5.99. The number of hydrogen-bond acceptors (Lipinski definition) is 4. The molecule has 0 unspecified atom stereocenters. The van der Waals surface area contributed by atoms with Gasteiger partial charge >= 0.3 is 0 Å². The van der Waals surface area contributed by atoms with Crippen LogP contribution in [-0.4, -0.2) is 15.2 Å². The maximum Gasteiger partial charge on any atom is 0.157 e. The number of benzene rings is 2. The number of rotatable bonds is 5. The first-order valence-electron chi connectivity index (χ1n) is 9.99. The number of nitrogens with one attached hydrogen (secondary N) is 2. The lowest BCUT2D eigenvalue weighted by Crippen LogP contribution is -2.16. The minimum Gasteiger partial charge on any atom is -0.504 e. The zero-order chi connectivity index (χ0) is 21.0. The Morgan fingerprint density at radius 3 is 2.45 bits per heavy atom. The van der Waals surface area contributed by atoms with Crippen LogP contribution in [0.3, 0.4) is 0 Å². The van der Waals surface area contributed by atoms with E-state index in [2.05, 4.69) is 55.9 Å². The van der Waals surface area contributed by atoms with E-state index in [-0.39, 0.29) is 22.3 Å². The van der Waals surface area contributed by atoms with Crippen LogP contribution in [0.15, 0.2) is 48.7 Å². The van der Waals surface area contributed by atoms with Crippen LogP contribution < -0.4 is 11.1 Å². The maximum atomic E-state index is 9.90. The third-order valence-electron chi connectivity index (χ3n) is 5.99. The van der Waals surface area contributed by atoms with E-state index in [1.54, 1.807) is 6.07 Å². The van der Waals surface area contributed by atoms with Gasteiger partial charge in [0.05, 0.1) is 5.52 Å². The highest BCUT2D eigenvalue weighted by atomic mass is 16.3. The van der Waals surface area contributed by atoms with Crippen LogP contribution in [0.2, 0.25) is 0 Å². The van der Waals surface area contributed by atoms with Gasteiger partial charge in [0, 0.05) is 39.8 Å². The summed E-state index contributed by atoms with van der Waals surface area (Å²) in [6, 6.07) is 11.4. The molecule has 1 aliphatic rings. The number of allylic oxidation sites excluding steroid dienone is 1. The summed E-state index contributed by atoms with van der Waals surface area (Å²) in [6.45, 7) is 11.3. The fraction of sp³-hybridized carbons (Fsp3) is 0.333. The lowest BCUT2D eigenvalue weighted by atomic mass is 9.92. The Kier molecular flexibility index (Phi) is 4.39. The van der Waals surface area contributed by atoms with E-state index >= 15 is 0 Å².